The van der Waals surface area contributed by atoms with E-state index in [2.05, 4.69) is 15.5 Å². The predicted octanol–water partition coefficient (Wildman–Crippen LogP) is 2.12. The average Bonchev–Trinajstić information content (AvgIpc) is 3.13. The van der Waals surface area contributed by atoms with Crippen molar-refractivity contribution < 1.29 is 9.52 Å². The van der Waals surface area contributed by atoms with Gasteiger partial charge in [0.05, 0.1) is 12.1 Å². The summed E-state index contributed by atoms with van der Waals surface area (Å²) in [6.07, 6.45) is 9.03. The van der Waals surface area contributed by atoms with Crippen LogP contribution in [0, 0.1) is 11.8 Å². The van der Waals surface area contributed by atoms with E-state index in [-0.39, 0.29) is 5.54 Å². The van der Waals surface area contributed by atoms with Crippen LogP contribution in [0.4, 0.5) is 0 Å². The van der Waals surface area contributed by atoms with Gasteiger partial charge in [-0.05, 0) is 63.2 Å². The Morgan fingerprint density at radius 1 is 1.14 bits per heavy atom. The lowest BCUT2D eigenvalue weighted by molar-refractivity contribution is -0.143. The van der Waals surface area contributed by atoms with E-state index in [0.29, 0.717) is 30.2 Å². The molecule has 21 heavy (non-hydrogen) atoms. The molecule has 5 heteroatoms. The summed E-state index contributed by atoms with van der Waals surface area (Å²) >= 11 is 0. The Labute approximate surface area is 124 Å². The van der Waals surface area contributed by atoms with E-state index in [4.69, 9.17) is 4.42 Å². The standard InChI is InChI=1S/C16H23N3O2/c20-16-6-10-3-11(7-16)5-15(4-10,9-16)17-8-13-18-19-14(21-13)12-1-2-12/h10-12,17,20H,1-9H2. The Kier molecular flexibility index (Phi) is 2.44. The van der Waals surface area contributed by atoms with Gasteiger partial charge >= 0.3 is 0 Å². The molecule has 4 bridgehead atoms. The van der Waals surface area contributed by atoms with Crippen LogP contribution >= 0.6 is 0 Å². The minimum atomic E-state index is -0.412. The SMILES string of the molecule is OC12CC3CC(C1)CC(NCc1nnc(C4CC4)o1)(C3)C2. The first-order valence-corrected chi connectivity index (χ1v) is 8.41. The molecule has 5 nitrogen and oxygen atoms in total. The summed E-state index contributed by atoms with van der Waals surface area (Å²) < 4.78 is 5.75. The van der Waals surface area contributed by atoms with Crippen molar-refractivity contribution in [1.82, 2.24) is 15.5 Å². The highest BCUT2D eigenvalue weighted by Gasteiger charge is 2.57. The van der Waals surface area contributed by atoms with E-state index in [1.165, 1.54) is 32.1 Å². The van der Waals surface area contributed by atoms with Gasteiger partial charge in [0.15, 0.2) is 0 Å². The second-order valence-electron chi connectivity index (χ2n) is 8.13. The summed E-state index contributed by atoms with van der Waals surface area (Å²) in [7, 11) is 0. The average molecular weight is 289 g/mol. The van der Waals surface area contributed by atoms with E-state index in [1.54, 1.807) is 0 Å². The van der Waals surface area contributed by atoms with Crippen LogP contribution in [0.25, 0.3) is 0 Å². The fraction of sp³-hybridized carbons (Fsp3) is 0.875. The fourth-order valence-electron chi connectivity index (χ4n) is 5.52. The van der Waals surface area contributed by atoms with Gasteiger partial charge in [0, 0.05) is 11.5 Å². The van der Waals surface area contributed by atoms with Crippen molar-refractivity contribution in [1.29, 1.82) is 0 Å². The molecular formula is C16H23N3O2. The van der Waals surface area contributed by atoms with E-state index in [9.17, 15) is 5.11 Å². The minimum Gasteiger partial charge on any atom is -0.424 e. The summed E-state index contributed by atoms with van der Waals surface area (Å²) in [5.41, 5.74) is -0.307. The zero-order valence-electron chi connectivity index (χ0n) is 12.3. The first kappa shape index (κ1) is 12.6. The van der Waals surface area contributed by atoms with E-state index < -0.39 is 5.60 Å². The van der Waals surface area contributed by atoms with E-state index in [1.807, 2.05) is 0 Å². The Morgan fingerprint density at radius 2 is 1.90 bits per heavy atom. The van der Waals surface area contributed by atoms with Gasteiger partial charge in [-0.3, -0.25) is 0 Å². The summed E-state index contributed by atoms with van der Waals surface area (Å²) in [5.74, 6) is 3.45. The Morgan fingerprint density at radius 3 is 2.57 bits per heavy atom. The summed E-state index contributed by atoms with van der Waals surface area (Å²) in [5, 5.41) is 22.8. The molecule has 5 aliphatic rings. The second-order valence-corrected chi connectivity index (χ2v) is 8.13. The van der Waals surface area contributed by atoms with Crippen LogP contribution in [0.5, 0.6) is 0 Å². The van der Waals surface area contributed by atoms with Gasteiger partial charge in [0.2, 0.25) is 11.8 Å². The Hall–Kier alpha value is -0.940. The third-order valence-electron chi connectivity index (χ3n) is 6.05. The first-order chi connectivity index (χ1) is 10.1. The molecule has 2 atom stereocenters. The van der Waals surface area contributed by atoms with Crippen LogP contribution < -0.4 is 5.32 Å². The highest BCUT2D eigenvalue weighted by atomic mass is 16.4. The lowest BCUT2D eigenvalue weighted by atomic mass is 9.51. The summed E-state index contributed by atoms with van der Waals surface area (Å²) in [6, 6.07) is 0. The molecule has 114 valence electrons. The molecule has 0 spiro atoms. The van der Waals surface area contributed by atoms with Crippen molar-refractivity contribution in [3.8, 4) is 0 Å². The molecule has 2 unspecified atom stereocenters. The molecule has 5 aliphatic carbocycles. The number of hydrogen-bond acceptors (Lipinski definition) is 5. The quantitative estimate of drug-likeness (QED) is 0.888. The smallest absolute Gasteiger partial charge is 0.230 e. The van der Waals surface area contributed by atoms with Crippen LogP contribution in [0.15, 0.2) is 4.42 Å². The lowest BCUT2D eigenvalue weighted by Gasteiger charge is -2.60. The molecule has 5 fully saturated rings. The number of nitrogens with one attached hydrogen (secondary N) is 1. The van der Waals surface area contributed by atoms with Crippen LogP contribution in [0.3, 0.4) is 0 Å². The number of aromatic nitrogens is 2. The predicted molar refractivity (Wildman–Crippen MR) is 75.5 cm³/mol. The Bertz CT molecular complexity index is 552. The van der Waals surface area contributed by atoms with Gasteiger partial charge in [-0.25, -0.2) is 0 Å². The molecule has 0 amide bonds. The van der Waals surface area contributed by atoms with Crippen LogP contribution in [0.2, 0.25) is 0 Å². The van der Waals surface area contributed by atoms with Crippen LogP contribution in [-0.4, -0.2) is 26.4 Å². The van der Waals surface area contributed by atoms with Gasteiger partial charge in [-0.15, -0.1) is 10.2 Å². The first-order valence-electron chi connectivity index (χ1n) is 8.41. The number of rotatable bonds is 4. The van der Waals surface area contributed by atoms with Crippen molar-refractivity contribution in [3.63, 3.8) is 0 Å². The number of aliphatic hydroxyl groups is 1. The van der Waals surface area contributed by atoms with Crippen LogP contribution in [-0.2, 0) is 6.54 Å². The molecule has 0 radical (unpaired) electrons. The summed E-state index contributed by atoms with van der Waals surface area (Å²) in [6.45, 7) is 0.648. The zero-order valence-corrected chi connectivity index (χ0v) is 12.3. The van der Waals surface area contributed by atoms with Gasteiger partial charge in [0.25, 0.3) is 0 Å². The minimum absolute atomic E-state index is 0.104. The van der Waals surface area contributed by atoms with Gasteiger partial charge in [-0.1, -0.05) is 0 Å². The highest BCUT2D eigenvalue weighted by molar-refractivity contribution is 5.12. The fourth-order valence-corrected chi connectivity index (χ4v) is 5.52. The maximum atomic E-state index is 10.8. The lowest BCUT2D eigenvalue weighted by Crippen LogP contribution is -2.64. The largest absolute Gasteiger partial charge is 0.424 e. The van der Waals surface area contributed by atoms with Crippen LogP contribution in [0.1, 0.15) is 69.1 Å². The normalized spacial score (nSPS) is 44.4. The molecule has 2 N–H and O–H groups in total. The Balaban J connectivity index is 1.31. The summed E-state index contributed by atoms with van der Waals surface area (Å²) in [4.78, 5) is 0. The molecule has 0 aromatic carbocycles. The highest BCUT2D eigenvalue weighted by Crippen LogP contribution is 2.57. The molecule has 1 aromatic heterocycles. The van der Waals surface area contributed by atoms with Crippen molar-refractivity contribution in [2.45, 2.75) is 75.0 Å². The maximum absolute atomic E-state index is 10.8. The molecule has 1 heterocycles. The van der Waals surface area contributed by atoms with E-state index >= 15 is 0 Å². The van der Waals surface area contributed by atoms with E-state index in [0.717, 1.165) is 25.2 Å². The van der Waals surface area contributed by atoms with Crippen molar-refractivity contribution in [3.05, 3.63) is 11.8 Å². The number of nitrogens with zero attached hydrogens (tertiary/aromatic N) is 2. The molecule has 0 saturated heterocycles. The third-order valence-corrected chi connectivity index (χ3v) is 6.05. The maximum Gasteiger partial charge on any atom is 0.230 e. The third kappa shape index (κ3) is 2.13. The van der Waals surface area contributed by atoms with Crippen molar-refractivity contribution in [2.24, 2.45) is 11.8 Å². The monoisotopic (exact) mass is 289 g/mol. The second kappa shape index (κ2) is 4.07. The molecule has 1 aromatic rings. The van der Waals surface area contributed by atoms with Gasteiger partial charge in [-0.2, -0.15) is 0 Å². The van der Waals surface area contributed by atoms with Gasteiger partial charge in [0.1, 0.15) is 0 Å². The van der Waals surface area contributed by atoms with Crippen molar-refractivity contribution in [2.75, 3.05) is 0 Å². The topological polar surface area (TPSA) is 71.2 Å². The van der Waals surface area contributed by atoms with Crippen molar-refractivity contribution >= 4 is 0 Å². The molecule has 6 rings (SSSR count). The molecule has 0 aliphatic heterocycles. The van der Waals surface area contributed by atoms with Gasteiger partial charge < -0.3 is 14.8 Å². The molecular weight excluding hydrogens is 266 g/mol. The number of hydrogen-bond donors (Lipinski definition) is 2. The zero-order chi connectivity index (χ0) is 14.1. The molecule has 5 saturated carbocycles.